The summed E-state index contributed by atoms with van der Waals surface area (Å²) in [6.45, 7) is 0.325. The normalized spacial score (nSPS) is 12.5. The first kappa shape index (κ1) is 15.3. The Morgan fingerprint density at radius 3 is 2.92 bits per heavy atom. The van der Waals surface area contributed by atoms with Gasteiger partial charge in [0.25, 0.3) is 0 Å². The van der Waals surface area contributed by atoms with Crippen LogP contribution in [0.4, 0.5) is 4.39 Å². The van der Waals surface area contributed by atoms with E-state index in [0.29, 0.717) is 29.1 Å². The van der Waals surface area contributed by atoms with Crippen LogP contribution in [0.3, 0.4) is 0 Å². The molecule has 0 saturated heterocycles. The summed E-state index contributed by atoms with van der Waals surface area (Å²) >= 11 is 0. The summed E-state index contributed by atoms with van der Waals surface area (Å²) < 4.78 is 25.0. The van der Waals surface area contributed by atoms with E-state index < -0.39 is 11.5 Å². The number of amides is 1. The summed E-state index contributed by atoms with van der Waals surface area (Å²) in [4.78, 5) is 26.7. The van der Waals surface area contributed by atoms with E-state index in [1.807, 2.05) is 6.07 Å². The molecule has 0 fully saturated rings. The highest BCUT2D eigenvalue weighted by Gasteiger charge is 2.14. The molecule has 0 spiro atoms. The summed E-state index contributed by atoms with van der Waals surface area (Å²) in [7, 11) is 0. The minimum absolute atomic E-state index is 0.158. The van der Waals surface area contributed by atoms with Crippen LogP contribution in [0, 0.1) is 5.82 Å². The van der Waals surface area contributed by atoms with Gasteiger partial charge in [0.05, 0.1) is 11.0 Å². The quantitative estimate of drug-likeness (QED) is 0.752. The SMILES string of the molecule is O=C(Cn1c(=O)[nH]c2cc(F)ccc21)NCc1ccc2c(c1)OCO2. The van der Waals surface area contributed by atoms with Gasteiger partial charge in [0, 0.05) is 6.54 Å². The van der Waals surface area contributed by atoms with Crippen molar-refractivity contribution >= 4 is 16.9 Å². The second-order valence-corrected chi connectivity index (χ2v) is 5.64. The lowest BCUT2D eigenvalue weighted by atomic mass is 10.2. The van der Waals surface area contributed by atoms with Crippen molar-refractivity contribution in [3.63, 3.8) is 0 Å². The number of ether oxygens (including phenoxy) is 2. The zero-order valence-corrected chi connectivity index (χ0v) is 13.0. The minimum atomic E-state index is -0.459. The lowest BCUT2D eigenvalue weighted by molar-refractivity contribution is -0.121. The standard InChI is InChI=1S/C17H14FN3O4/c18-11-2-3-13-12(6-11)20-17(23)21(13)8-16(22)19-7-10-1-4-14-15(5-10)25-9-24-14/h1-6H,7-9H2,(H,19,22)(H,20,23). The van der Waals surface area contributed by atoms with Crippen molar-refractivity contribution in [2.24, 2.45) is 0 Å². The molecule has 1 aromatic heterocycles. The Bertz CT molecular complexity index is 1020. The maximum atomic E-state index is 13.2. The van der Waals surface area contributed by atoms with Crippen LogP contribution in [0.25, 0.3) is 11.0 Å². The number of imidazole rings is 1. The number of hydrogen-bond acceptors (Lipinski definition) is 4. The van der Waals surface area contributed by atoms with Gasteiger partial charge in [-0.1, -0.05) is 6.07 Å². The molecule has 0 radical (unpaired) electrons. The van der Waals surface area contributed by atoms with E-state index >= 15 is 0 Å². The van der Waals surface area contributed by atoms with Crippen molar-refractivity contribution in [2.45, 2.75) is 13.1 Å². The predicted octanol–water partition coefficient (Wildman–Crippen LogP) is 1.51. The van der Waals surface area contributed by atoms with Crippen LogP contribution in [-0.2, 0) is 17.9 Å². The summed E-state index contributed by atoms with van der Waals surface area (Å²) in [6, 6.07) is 9.34. The average molecular weight is 343 g/mol. The molecular formula is C17H14FN3O4. The Kier molecular flexibility index (Phi) is 3.64. The lowest BCUT2D eigenvalue weighted by Crippen LogP contribution is -2.30. The number of benzene rings is 2. The van der Waals surface area contributed by atoms with Crippen LogP contribution in [0.15, 0.2) is 41.2 Å². The molecular weight excluding hydrogens is 329 g/mol. The van der Waals surface area contributed by atoms with Gasteiger partial charge in [-0.05, 0) is 35.9 Å². The van der Waals surface area contributed by atoms with Gasteiger partial charge in [-0.25, -0.2) is 9.18 Å². The highest BCUT2D eigenvalue weighted by molar-refractivity contribution is 5.80. The van der Waals surface area contributed by atoms with E-state index in [4.69, 9.17) is 9.47 Å². The number of carbonyl (C=O) groups excluding carboxylic acids is 1. The molecule has 0 saturated carbocycles. The Hall–Kier alpha value is -3.29. The van der Waals surface area contributed by atoms with Crippen LogP contribution in [0.2, 0.25) is 0 Å². The van der Waals surface area contributed by atoms with Crippen molar-refractivity contribution < 1.29 is 18.7 Å². The van der Waals surface area contributed by atoms with E-state index in [9.17, 15) is 14.0 Å². The molecule has 2 aromatic carbocycles. The predicted molar refractivity (Wildman–Crippen MR) is 86.9 cm³/mol. The van der Waals surface area contributed by atoms with Crippen molar-refractivity contribution in [3.05, 3.63) is 58.3 Å². The van der Waals surface area contributed by atoms with Gasteiger partial charge in [-0.15, -0.1) is 0 Å². The first-order valence-electron chi connectivity index (χ1n) is 7.63. The Morgan fingerprint density at radius 1 is 1.20 bits per heavy atom. The smallest absolute Gasteiger partial charge is 0.326 e. The monoisotopic (exact) mass is 343 g/mol. The van der Waals surface area contributed by atoms with Gasteiger partial charge in [0.2, 0.25) is 12.7 Å². The summed E-state index contributed by atoms with van der Waals surface area (Å²) in [5.41, 5.74) is 1.22. The maximum Gasteiger partial charge on any atom is 0.326 e. The first-order valence-corrected chi connectivity index (χ1v) is 7.63. The van der Waals surface area contributed by atoms with Crippen LogP contribution >= 0.6 is 0 Å². The molecule has 1 aliphatic heterocycles. The molecule has 0 atom stereocenters. The number of hydrogen-bond donors (Lipinski definition) is 2. The van der Waals surface area contributed by atoms with Crippen molar-refractivity contribution in [3.8, 4) is 11.5 Å². The van der Waals surface area contributed by atoms with E-state index in [1.54, 1.807) is 12.1 Å². The molecule has 7 nitrogen and oxygen atoms in total. The van der Waals surface area contributed by atoms with Gasteiger partial charge in [0.15, 0.2) is 11.5 Å². The lowest BCUT2D eigenvalue weighted by Gasteiger charge is -2.07. The third kappa shape index (κ3) is 2.93. The average Bonchev–Trinajstić information content (AvgIpc) is 3.17. The molecule has 2 heterocycles. The summed E-state index contributed by atoms with van der Waals surface area (Å²) in [5, 5.41) is 2.75. The number of halogens is 1. The Labute approximate surface area is 141 Å². The molecule has 0 bridgehead atoms. The van der Waals surface area contributed by atoms with E-state index in [2.05, 4.69) is 10.3 Å². The molecule has 1 aliphatic rings. The molecule has 1 amide bonds. The van der Waals surface area contributed by atoms with Crippen LogP contribution in [0.5, 0.6) is 11.5 Å². The molecule has 4 rings (SSSR count). The summed E-state index contributed by atoms with van der Waals surface area (Å²) in [5.74, 6) is 0.535. The Balaban J connectivity index is 1.46. The zero-order chi connectivity index (χ0) is 17.4. The number of rotatable bonds is 4. The number of aromatic nitrogens is 2. The number of carbonyl (C=O) groups is 1. The van der Waals surface area contributed by atoms with Gasteiger partial charge in [0.1, 0.15) is 12.4 Å². The highest BCUT2D eigenvalue weighted by atomic mass is 19.1. The van der Waals surface area contributed by atoms with E-state index in [-0.39, 0.29) is 19.2 Å². The largest absolute Gasteiger partial charge is 0.454 e. The van der Waals surface area contributed by atoms with Gasteiger partial charge in [-0.3, -0.25) is 9.36 Å². The molecule has 2 N–H and O–H groups in total. The second kappa shape index (κ2) is 5.97. The third-order valence-electron chi connectivity index (χ3n) is 3.96. The van der Waals surface area contributed by atoms with Crippen LogP contribution in [0.1, 0.15) is 5.56 Å². The van der Waals surface area contributed by atoms with Crippen LogP contribution in [-0.4, -0.2) is 22.3 Å². The van der Waals surface area contributed by atoms with Crippen LogP contribution < -0.4 is 20.5 Å². The fourth-order valence-electron chi connectivity index (χ4n) is 2.74. The zero-order valence-electron chi connectivity index (χ0n) is 13.0. The van der Waals surface area contributed by atoms with Crippen molar-refractivity contribution in [1.82, 2.24) is 14.9 Å². The molecule has 0 unspecified atom stereocenters. The van der Waals surface area contributed by atoms with Gasteiger partial charge < -0.3 is 19.8 Å². The Morgan fingerprint density at radius 2 is 2.04 bits per heavy atom. The molecule has 8 heteroatoms. The van der Waals surface area contributed by atoms with E-state index in [1.165, 1.54) is 22.8 Å². The number of nitrogens with one attached hydrogen (secondary N) is 2. The molecule has 0 aliphatic carbocycles. The van der Waals surface area contributed by atoms with Crippen molar-refractivity contribution in [2.75, 3.05) is 6.79 Å². The number of nitrogens with zero attached hydrogens (tertiary/aromatic N) is 1. The fraction of sp³-hybridized carbons (Fsp3) is 0.176. The van der Waals surface area contributed by atoms with Gasteiger partial charge in [-0.2, -0.15) is 0 Å². The third-order valence-corrected chi connectivity index (χ3v) is 3.96. The van der Waals surface area contributed by atoms with Gasteiger partial charge >= 0.3 is 5.69 Å². The maximum absolute atomic E-state index is 13.2. The van der Waals surface area contributed by atoms with Crippen molar-refractivity contribution in [1.29, 1.82) is 0 Å². The molecule has 25 heavy (non-hydrogen) atoms. The minimum Gasteiger partial charge on any atom is -0.454 e. The molecule has 128 valence electrons. The number of fused-ring (bicyclic) bond motifs is 2. The summed E-state index contributed by atoms with van der Waals surface area (Å²) in [6.07, 6.45) is 0. The first-order chi connectivity index (χ1) is 12.1. The second-order valence-electron chi connectivity index (χ2n) is 5.64. The topological polar surface area (TPSA) is 85.4 Å². The number of aromatic amines is 1. The van der Waals surface area contributed by atoms with E-state index in [0.717, 1.165) is 5.56 Å². The highest BCUT2D eigenvalue weighted by Crippen LogP contribution is 2.32. The number of H-pyrrole nitrogens is 1. The fourth-order valence-corrected chi connectivity index (χ4v) is 2.74. The molecule has 3 aromatic rings.